The van der Waals surface area contributed by atoms with Gasteiger partial charge in [-0.15, -0.1) is 0 Å². The van der Waals surface area contributed by atoms with Crippen LogP contribution in [0.25, 0.3) is 23.3 Å². The van der Waals surface area contributed by atoms with E-state index in [-0.39, 0.29) is 5.97 Å². The molecule has 2 nitrogen and oxygen atoms in total. The second-order valence-corrected chi connectivity index (χ2v) is 6.20. The zero-order valence-corrected chi connectivity index (χ0v) is 15.3. The third kappa shape index (κ3) is 5.55. The fourth-order valence-electron chi connectivity index (χ4n) is 2.74. The van der Waals surface area contributed by atoms with Crippen LogP contribution in [0.2, 0.25) is 0 Å². The van der Waals surface area contributed by atoms with Crippen molar-refractivity contribution in [1.82, 2.24) is 0 Å². The fourth-order valence-corrected chi connectivity index (χ4v) is 2.74. The number of ether oxygens (including phenoxy) is 1. The van der Waals surface area contributed by atoms with Crippen LogP contribution in [-0.2, 0) is 16.0 Å². The lowest BCUT2D eigenvalue weighted by molar-refractivity contribution is -0.139. The van der Waals surface area contributed by atoms with Crippen molar-refractivity contribution < 1.29 is 9.53 Å². The fraction of sp³-hybridized carbons (Fsp3) is 0.0800. The first-order valence-corrected chi connectivity index (χ1v) is 8.90. The summed E-state index contributed by atoms with van der Waals surface area (Å²) in [5.74, 6) is -0.222. The summed E-state index contributed by atoms with van der Waals surface area (Å²) >= 11 is 0. The number of hydrogen-bond acceptors (Lipinski definition) is 2. The van der Waals surface area contributed by atoms with Crippen molar-refractivity contribution in [3.63, 3.8) is 0 Å². The molecule has 0 radical (unpaired) electrons. The number of carbonyl (C=O) groups excluding carboxylic acids is 1. The summed E-state index contributed by atoms with van der Waals surface area (Å²) in [6, 6.07) is 26.7. The van der Waals surface area contributed by atoms with Gasteiger partial charge in [-0.2, -0.15) is 0 Å². The molecular weight excluding hydrogens is 332 g/mol. The van der Waals surface area contributed by atoms with Crippen LogP contribution in [-0.4, -0.2) is 13.1 Å². The monoisotopic (exact) mass is 354 g/mol. The normalized spacial score (nSPS) is 11.1. The van der Waals surface area contributed by atoms with E-state index in [1.807, 2.05) is 54.6 Å². The average Bonchev–Trinajstić information content (AvgIpc) is 2.73. The number of benzene rings is 3. The minimum absolute atomic E-state index is 0.222. The molecule has 0 atom stereocenters. The summed E-state index contributed by atoms with van der Waals surface area (Å²) in [7, 11) is 1.41. The molecule has 0 N–H and O–H groups in total. The van der Waals surface area contributed by atoms with Gasteiger partial charge in [0.25, 0.3) is 0 Å². The maximum Gasteiger partial charge on any atom is 0.309 e. The SMILES string of the molecule is COC(=O)Cc1ccc(-c2ccc(C=CC=Cc3ccccc3)cc2)cc1. The van der Waals surface area contributed by atoms with E-state index in [4.69, 9.17) is 4.74 Å². The van der Waals surface area contributed by atoms with Gasteiger partial charge in [-0.25, -0.2) is 0 Å². The molecule has 0 amide bonds. The zero-order valence-electron chi connectivity index (χ0n) is 15.3. The standard InChI is InChI=1S/C25H22O2/c1-27-25(26)19-22-13-17-24(18-14-22)23-15-11-21(12-16-23)10-6-5-9-20-7-3-2-4-8-20/h2-18H,19H2,1H3. The molecule has 27 heavy (non-hydrogen) atoms. The number of methoxy groups -OCH3 is 1. The molecule has 0 aliphatic rings. The second-order valence-electron chi connectivity index (χ2n) is 6.20. The van der Waals surface area contributed by atoms with Crippen molar-refractivity contribution >= 4 is 18.1 Å². The Morgan fingerprint density at radius 3 is 1.81 bits per heavy atom. The Hall–Kier alpha value is -3.39. The van der Waals surface area contributed by atoms with Crippen molar-refractivity contribution in [2.24, 2.45) is 0 Å². The Labute approximate surface area is 160 Å². The van der Waals surface area contributed by atoms with Gasteiger partial charge in [0.1, 0.15) is 0 Å². The Morgan fingerprint density at radius 1 is 0.741 bits per heavy atom. The highest BCUT2D eigenvalue weighted by Crippen LogP contribution is 2.21. The summed E-state index contributed by atoms with van der Waals surface area (Å²) < 4.78 is 4.70. The molecule has 0 saturated carbocycles. The van der Waals surface area contributed by atoms with Crippen LogP contribution in [0.3, 0.4) is 0 Å². The Morgan fingerprint density at radius 2 is 1.26 bits per heavy atom. The van der Waals surface area contributed by atoms with Gasteiger partial charge in [0, 0.05) is 0 Å². The van der Waals surface area contributed by atoms with E-state index in [9.17, 15) is 4.79 Å². The van der Waals surface area contributed by atoms with E-state index in [2.05, 4.69) is 48.6 Å². The minimum Gasteiger partial charge on any atom is -0.469 e. The molecule has 0 unspecified atom stereocenters. The molecule has 0 aliphatic carbocycles. The maximum atomic E-state index is 11.3. The van der Waals surface area contributed by atoms with Gasteiger partial charge in [-0.1, -0.05) is 103 Å². The molecule has 0 heterocycles. The van der Waals surface area contributed by atoms with Gasteiger partial charge in [-0.05, 0) is 27.8 Å². The smallest absolute Gasteiger partial charge is 0.309 e. The third-order valence-corrected chi connectivity index (χ3v) is 4.26. The van der Waals surface area contributed by atoms with E-state index in [0.717, 1.165) is 22.3 Å². The molecule has 3 rings (SSSR count). The minimum atomic E-state index is -0.222. The van der Waals surface area contributed by atoms with Crippen molar-refractivity contribution in [2.45, 2.75) is 6.42 Å². The molecule has 0 aromatic heterocycles. The predicted octanol–water partition coefficient (Wildman–Crippen LogP) is 5.80. The zero-order chi connectivity index (χ0) is 18.9. The van der Waals surface area contributed by atoms with Crippen LogP contribution in [0.15, 0.2) is 91.0 Å². The lowest BCUT2D eigenvalue weighted by Crippen LogP contribution is -2.04. The summed E-state index contributed by atoms with van der Waals surface area (Å²) in [4.78, 5) is 11.3. The van der Waals surface area contributed by atoms with Crippen LogP contribution in [0, 0.1) is 0 Å². The highest BCUT2D eigenvalue weighted by Gasteiger charge is 2.03. The van der Waals surface area contributed by atoms with E-state index >= 15 is 0 Å². The van der Waals surface area contributed by atoms with Crippen molar-refractivity contribution in [1.29, 1.82) is 0 Å². The second kappa shape index (κ2) is 9.35. The first-order valence-electron chi connectivity index (χ1n) is 8.90. The molecule has 3 aromatic carbocycles. The number of esters is 1. The van der Waals surface area contributed by atoms with E-state index < -0.39 is 0 Å². The van der Waals surface area contributed by atoms with Crippen LogP contribution in [0.4, 0.5) is 0 Å². The molecular formula is C25H22O2. The first kappa shape index (κ1) is 18.4. The van der Waals surface area contributed by atoms with E-state index in [1.165, 1.54) is 12.7 Å². The predicted molar refractivity (Wildman–Crippen MR) is 112 cm³/mol. The first-order chi connectivity index (χ1) is 13.2. The molecule has 0 bridgehead atoms. The van der Waals surface area contributed by atoms with Crippen LogP contribution in [0.5, 0.6) is 0 Å². The van der Waals surface area contributed by atoms with Crippen LogP contribution in [0.1, 0.15) is 16.7 Å². The summed E-state index contributed by atoms with van der Waals surface area (Å²) in [5.41, 5.74) is 5.57. The van der Waals surface area contributed by atoms with E-state index in [0.29, 0.717) is 6.42 Å². The van der Waals surface area contributed by atoms with Gasteiger partial charge in [0.15, 0.2) is 0 Å². The molecule has 0 spiro atoms. The summed E-state index contributed by atoms with van der Waals surface area (Å²) in [5, 5.41) is 0. The molecule has 3 aromatic rings. The number of hydrogen-bond donors (Lipinski definition) is 0. The van der Waals surface area contributed by atoms with Gasteiger partial charge in [0.05, 0.1) is 13.5 Å². The van der Waals surface area contributed by atoms with E-state index in [1.54, 1.807) is 0 Å². The van der Waals surface area contributed by atoms with Crippen molar-refractivity contribution in [3.05, 3.63) is 108 Å². The quantitative estimate of drug-likeness (QED) is 0.413. The molecule has 134 valence electrons. The van der Waals surface area contributed by atoms with Gasteiger partial charge in [-0.3, -0.25) is 4.79 Å². The molecule has 0 fully saturated rings. The maximum absolute atomic E-state index is 11.3. The number of rotatable bonds is 6. The Balaban J connectivity index is 1.62. The molecule has 0 saturated heterocycles. The van der Waals surface area contributed by atoms with Crippen LogP contribution >= 0.6 is 0 Å². The van der Waals surface area contributed by atoms with Gasteiger partial charge in [0.2, 0.25) is 0 Å². The highest BCUT2D eigenvalue weighted by atomic mass is 16.5. The van der Waals surface area contributed by atoms with Crippen molar-refractivity contribution in [2.75, 3.05) is 7.11 Å². The Kier molecular flexibility index (Phi) is 6.37. The average molecular weight is 354 g/mol. The molecule has 0 aliphatic heterocycles. The highest BCUT2D eigenvalue weighted by molar-refractivity contribution is 5.73. The lowest BCUT2D eigenvalue weighted by atomic mass is 10.0. The number of carbonyl (C=O) groups is 1. The number of allylic oxidation sites excluding steroid dienone is 2. The largest absolute Gasteiger partial charge is 0.469 e. The van der Waals surface area contributed by atoms with Crippen molar-refractivity contribution in [3.8, 4) is 11.1 Å². The third-order valence-electron chi connectivity index (χ3n) is 4.26. The summed E-state index contributed by atoms with van der Waals surface area (Å²) in [6.45, 7) is 0. The Bertz CT molecular complexity index is 918. The van der Waals surface area contributed by atoms with Crippen LogP contribution < -0.4 is 0 Å². The van der Waals surface area contributed by atoms with Gasteiger partial charge >= 0.3 is 5.97 Å². The topological polar surface area (TPSA) is 26.3 Å². The summed E-state index contributed by atoms with van der Waals surface area (Å²) in [6.07, 6.45) is 8.56. The molecule has 2 heteroatoms. The lowest BCUT2D eigenvalue weighted by Gasteiger charge is -2.05. The van der Waals surface area contributed by atoms with Gasteiger partial charge < -0.3 is 4.74 Å².